The van der Waals surface area contributed by atoms with E-state index in [1.165, 1.54) is 0 Å². The Bertz CT molecular complexity index is 636. The lowest BCUT2D eigenvalue weighted by Crippen LogP contribution is -2.38. The van der Waals surface area contributed by atoms with Gasteiger partial charge in [0.2, 0.25) is 10.0 Å². The number of rotatable bonds is 8. The number of hydrogen-bond donors (Lipinski definition) is 3. The first-order valence-electron chi connectivity index (χ1n) is 7.70. The van der Waals surface area contributed by atoms with Crippen molar-refractivity contribution in [1.29, 1.82) is 0 Å². The molecule has 1 aromatic heterocycles. The summed E-state index contributed by atoms with van der Waals surface area (Å²) < 4.78 is 26.3. The zero-order valence-corrected chi connectivity index (χ0v) is 15.4. The first-order chi connectivity index (χ1) is 10.7. The predicted octanol–water partition coefficient (Wildman–Crippen LogP) is 0.0313. The number of hydrogen-bond acceptors (Lipinski definition) is 4. The smallest absolute Gasteiger partial charge is 0.208 e. The van der Waals surface area contributed by atoms with Crippen LogP contribution in [0.25, 0.3) is 0 Å². The highest BCUT2D eigenvalue weighted by Crippen LogP contribution is 2.12. The third-order valence-corrected chi connectivity index (χ3v) is 4.14. The molecule has 0 fully saturated rings. The molecular formula is C14H28N6O2S. The van der Waals surface area contributed by atoms with Gasteiger partial charge < -0.3 is 10.6 Å². The van der Waals surface area contributed by atoms with E-state index in [1.54, 1.807) is 0 Å². The van der Waals surface area contributed by atoms with Crippen LogP contribution in [0.2, 0.25) is 0 Å². The quantitative estimate of drug-likeness (QED) is 0.351. The number of nitrogens with one attached hydrogen (secondary N) is 3. The topological polar surface area (TPSA) is 100 Å². The lowest BCUT2D eigenvalue weighted by Gasteiger charge is -2.11. The zero-order chi connectivity index (χ0) is 17.5. The molecule has 0 saturated carbocycles. The second-order valence-electron chi connectivity index (χ2n) is 5.41. The summed E-state index contributed by atoms with van der Waals surface area (Å²) >= 11 is 0. The van der Waals surface area contributed by atoms with E-state index in [0.717, 1.165) is 35.7 Å². The van der Waals surface area contributed by atoms with E-state index in [0.29, 0.717) is 26.1 Å². The lowest BCUT2D eigenvalue weighted by molar-refractivity contribution is 0.584. The zero-order valence-electron chi connectivity index (χ0n) is 14.6. The molecule has 1 heterocycles. The molecule has 0 atom stereocenters. The summed E-state index contributed by atoms with van der Waals surface area (Å²) in [4.78, 5) is 4.57. The Morgan fingerprint density at radius 1 is 1.26 bits per heavy atom. The number of guanidine groups is 1. The number of aryl methyl sites for hydroxylation is 2. The molecule has 0 bridgehead atoms. The molecule has 9 heteroatoms. The summed E-state index contributed by atoms with van der Waals surface area (Å²) in [6.45, 7) is 8.38. The van der Waals surface area contributed by atoms with Gasteiger partial charge in [-0.3, -0.25) is 4.68 Å². The molecule has 1 aromatic rings. The number of sulfonamides is 1. The Hall–Kier alpha value is -1.61. The molecule has 0 aliphatic carbocycles. The monoisotopic (exact) mass is 344 g/mol. The van der Waals surface area contributed by atoms with E-state index in [-0.39, 0.29) is 0 Å². The van der Waals surface area contributed by atoms with Crippen LogP contribution in [-0.4, -0.2) is 50.0 Å². The van der Waals surface area contributed by atoms with Crippen molar-refractivity contribution in [3.05, 3.63) is 17.0 Å². The van der Waals surface area contributed by atoms with Crippen LogP contribution in [0.5, 0.6) is 0 Å². The molecule has 0 unspecified atom stereocenters. The molecule has 0 radical (unpaired) electrons. The molecule has 1 rings (SSSR count). The van der Waals surface area contributed by atoms with Crippen LogP contribution in [0.1, 0.15) is 30.3 Å². The predicted molar refractivity (Wildman–Crippen MR) is 93.0 cm³/mol. The lowest BCUT2D eigenvalue weighted by atomic mass is 10.2. The van der Waals surface area contributed by atoms with Gasteiger partial charge in [-0.25, -0.2) is 18.1 Å². The molecule has 0 aliphatic heterocycles. The average Bonchev–Trinajstić information content (AvgIpc) is 2.68. The van der Waals surface area contributed by atoms with Gasteiger partial charge >= 0.3 is 0 Å². The van der Waals surface area contributed by atoms with Crippen molar-refractivity contribution in [2.75, 3.05) is 25.9 Å². The highest BCUT2D eigenvalue weighted by Gasteiger charge is 2.09. The van der Waals surface area contributed by atoms with Crippen molar-refractivity contribution in [3.63, 3.8) is 0 Å². The Labute approximate surface area is 138 Å². The maximum absolute atomic E-state index is 11.0. The van der Waals surface area contributed by atoms with Crippen LogP contribution in [0.15, 0.2) is 4.99 Å². The maximum Gasteiger partial charge on any atom is 0.208 e. The molecule has 0 amide bonds. The molecule has 0 aromatic carbocycles. The Morgan fingerprint density at radius 3 is 2.48 bits per heavy atom. The number of nitrogens with zero attached hydrogens (tertiary/aromatic N) is 3. The summed E-state index contributed by atoms with van der Waals surface area (Å²) in [5, 5.41) is 10.8. The average molecular weight is 344 g/mol. The van der Waals surface area contributed by atoms with Crippen molar-refractivity contribution in [1.82, 2.24) is 25.1 Å². The van der Waals surface area contributed by atoms with Crippen molar-refractivity contribution in [2.24, 2.45) is 12.0 Å². The highest BCUT2D eigenvalue weighted by atomic mass is 32.2. The first-order valence-corrected chi connectivity index (χ1v) is 9.59. The van der Waals surface area contributed by atoms with Crippen LogP contribution in [0.3, 0.4) is 0 Å². The molecule has 0 aliphatic rings. The molecule has 23 heavy (non-hydrogen) atoms. The maximum atomic E-state index is 11.0. The van der Waals surface area contributed by atoms with E-state index >= 15 is 0 Å². The minimum absolute atomic E-state index is 0.409. The minimum atomic E-state index is -3.12. The third kappa shape index (κ3) is 7.00. The van der Waals surface area contributed by atoms with E-state index in [4.69, 9.17) is 0 Å². The van der Waals surface area contributed by atoms with E-state index in [1.807, 2.05) is 32.5 Å². The normalized spacial score (nSPS) is 12.5. The van der Waals surface area contributed by atoms with Crippen molar-refractivity contribution < 1.29 is 8.42 Å². The van der Waals surface area contributed by atoms with Crippen LogP contribution < -0.4 is 15.4 Å². The fourth-order valence-electron chi connectivity index (χ4n) is 2.10. The summed E-state index contributed by atoms with van der Waals surface area (Å²) in [5.74, 6) is 0.717. The fourth-order valence-corrected chi connectivity index (χ4v) is 2.61. The molecule has 0 spiro atoms. The van der Waals surface area contributed by atoms with Gasteiger partial charge in [0, 0.05) is 37.9 Å². The minimum Gasteiger partial charge on any atom is -0.357 e. The molecular weight excluding hydrogens is 316 g/mol. The molecule has 132 valence electrons. The Balaban J connectivity index is 2.53. The van der Waals surface area contributed by atoms with E-state index < -0.39 is 10.0 Å². The third-order valence-electron chi connectivity index (χ3n) is 3.41. The van der Waals surface area contributed by atoms with Gasteiger partial charge in [0.25, 0.3) is 0 Å². The van der Waals surface area contributed by atoms with Gasteiger partial charge in [-0.05, 0) is 27.2 Å². The van der Waals surface area contributed by atoms with Crippen LogP contribution in [-0.2, 0) is 23.6 Å². The summed E-state index contributed by atoms with van der Waals surface area (Å²) in [6.07, 6.45) is 1.84. The summed E-state index contributed by atoms with van der Waals surface area (Å²) in [5.41, 5.74) is 3.23. The van der Waals surface area contributed by atoms with Gasteiger partial charge in [-0.15, -0.1) is 0 Å². The van der Waals surface area contributed by atoms with Crippen LogP contribution in [0.4, 0.5) is 0 Å². The fraction of sp³-hybridized carbons (Fsp3) is 0.714. The van der Waals surface area contributed by atoms with Gasteiger partial charge in [0.05, 0.1) is 18.5 Å². The van der Waals surface area contributed by atoms with Crippen molar-refractivity contribution in [3.8, 4) is 0 Å². The molecule has 8 nitrogen and oxygen atoms in total. The summed E-state index contributed by atoms with van der Waals surface area (Å²) in [6, 6.07) is 0. The largest absolute Gasteiger partial charge is 0.357 e. The number of aliphatic imine (C=N–C) groups is 1. The van der Waals surface area contributed by atoms with Gasteiger partial charge in [-0.2, -0.15) is 5.10 Å². The van der Waals surface area contributed by atoms with Gasteiger partial charge in [0.15, 0.2) is 5.96 Å². The van der Waals surface area contributed by atoms with Crippen LogP contribution in [0, 0.1) is 13.8 Å². The Morgan fingerprint density at radius 2 is 1.96 bits per heavy atom. The Kier molecular flexibility index (Phi) is 7.50. The first kappa shape index (κ1) is 19.4. The highest BCUT2D eigenvalue weighted by molar-refractivity contribution is 7.88. The van der Waals surface area contributed by atoms with E-state index in [9.17, 15) is 8.42 Å². The second kappa shape index (κ2) is 8.88. The van der Waals surface area contributed by atoms with Crippen molar-refractivity contribution in [2.45, 2.75) is 33.7 Å². The SMILES string of the molecule is CCNC(=NCc1c(C)nn(C)c1C)NCCCNS(C)(=O)=O. The standard InChI is InChI=1S/C14H28N6O2S/c1-6-15-14(16-8-7-9-18-23(5,21)22)17-10-13-11(2)19-20(4)12(13)3/h18H,6-10H2,1-5H3,(H2,15,16,17). The molecule has 0 saturated heterocycles. The van der Waals surface area contributed by atoms with Crippen molar-refractivity contribution >= 4 is 16.0 Å². The van der Waals surface area contributed by atoms with Gasteiger partial charge in [-0.1, -0.05) is 0 Å². The van der Waals surface area contributed by atoms with Crippen LogP contribution >= 0.6 is 0 Å². The summed E-state index contributed by atoms with van der Waals surface area (Å²) in [7, 11) is -1.20. The van der Waals surface area contributed by atoms with Gasteiger partial charge in [0.1, 0.15) is 0 Å². The van der Waals surface area contributed by atoms with E-state index in [2.05, 4.69) is 25.4 Å². The second-order valence-corrected chi connectivity index (χ2v) is 7.25. The number of aromatic nitrogens is 2. The molecule has 3 N–H and O–H groups in total.